The van der Waals surface area contributed by atoms with E-state index in [1.165, 1.54) is 16.5 Å². The van der Waals surface area contributed by atoms with Crippen molar-refractivity contribution in [2.24, 2.45) is 0 Å². The summed E-state index contributed by atoms with van der Waals surface area (Å²) in [5.41, 5.74) is 2.53. The fourth-order valence-electron chi connectivity index (χ4n) is 2.13. The highest BCUT2D eigenvalue weighted by Gasteiger charge is 2.07. The molecule has 0 aliphatic rings. The lowest BCUT2D eigenvalue weighted by Crippen LogP contribution is -1.88. The minimum atomic E-state index is 0.402. The first-order valence-electron chi connectivity index (χ1n) is 5.50. The fraction of sp³-hybridized carbons (Fsp3) is 0.286. The van der Waals surface area contributed by atoms with Gasteiger partial charge in [-0.3, -0.25) is 0 Å². The molecule has 2 aromatic carbocycles. The van der Waals surface area contributed by atoms with Crippen LogP contribution >= 0.6 is 0 Å². The average molecular weight is 200 g/mol. The van der Waals surface area contributed by atoms with Gasteiger partial charge in [0.1, 0.15) is 5.75 Å². The number of fused-ring (bicyclic) bond motifs is 1. The molecule has 0 spiro atoms. The fourth-order valence-corrected chi connectivity index (χ4v) is 2.13. The second kappa shape index (κ2) is 3.93. The highest BCUT2D eigenvalue weighted by atomic mass is 16.3. The van der Waals surface area contributed by atoms with Crippen molar-refractivity contribution in [1.29, 1.82) is 0 Å². The van der Waals surface area contributed by atoms with Gasteiger partial charge >= 0.3 is 0 Å². The number of hydrogen-bond acceptors (Lipinski definition) is 1. The molecule has 0 heterocycles. The third-order valence-corrected chi connectivity index (χ3v) is 2.96. The van der Waals surface area contributed by atoms with E-state index in [1.54, 1.807) is 6.07 Å². The maximum atomic E-state index is 9.90. The highest BCUT2D eigenvalue weighted by Crippen LogP contribution is 2.31. The van der Waals surface area contributed by atoms with Crippen molar-refractivity contribution in [2.75, 3.05) is 0 Å². The second-order valence-electron chi connectivity index (χ2n) is 3.79. The van der Waals surface area contributed by atoms with Crippen molar-refractivity contribution in [3.05, 3.63) is 41.5 Å². The Bertz CT molecular complexity index is 486. The minimum absolute atomic E-state index is 0.402. The lowest BCUT2D eigenvalue weighted by atomic mass is 9.97. The number of hydrogen-bond donors (Lipinski definition) is 1. The highest BCUT2D eigenvalue weighted by molar-refractivity contribution is 5.93. The zero-order chi connectivity index (χ0) is 10.8. The van der Waals surface area contributed by atoms with Gasteiger partial charge in [-0.15, -0.1) is 0 Å². The van der Waals surface area contributed by atoms with Gasteiger partial charge in [0.15, 0.2) is 0 Å². The number of phenols is 1. The van der Waals surface area contributed by atoms with Crippen LogP contribution in [0.25, 0.3) is 10.8 Å². The van der Waals surface area contributed by atoms with Crippen LogP contribution in [0.5, 0.6) is 5.75 Å². The maximum Gasteiger partial charge on any atom is 0.123 e. The first-order valence-corrected chi connectivity index (χ1v) is 5.50. The van der Waals surface area contributed by atoms with E-state index >= 15 is 0 Å². The molecule has 0 aromatic heterocycles. The summed E-state index contributed by atoms with van der Waals surface area (Å²) >= 11 is 0. The quantitative estimate of drug-likeness (QED) is 0.784. The summed E-state index contributed by atoms with van der Waals surface area (Å²) < 4.78 is 0. The summed E-state index contributed by atoms with van der Waals surface area (Å²) in [6.45, 7) is 4.26. The van der Waals surface area contributed by atoms with Crippen LogP contribution in [-0.2, 0) is 12.8 Å². The zero-order valence-corrected chi connectivity index (χ0v) is 9.25. The first kappa shape index (κ1) is 10.0. The molecule has 78 valence electrons. The number of phenolic OH excluding ortho intramolecular Hbond substituents is 1. The molecule has 0 amide bonds. The lowest BCUT2D eigenvalue weighted by molar-refractivity contribution is 0.481. The topological polar surface area (TPSA) is 20.2 Å². The Hall–Kier alpha value is -1.50. The average Bonchev–Trinajstić information content (AvgIpc) is 2.29. The molecule has 0 unspecified atom stereocenters. The van der Waals surface area contributed by atoms with Crippen LogP contribution in [0.2, 0.25) is 0 Å². The Morgan fingerprint density at radius 2 is 1.67 bits per heavy atom. The normalized spacial score (nSPS) is 10.8. The van der Waals surface area contributed by atoms with E-state index in [9.17, 15) is 5.11 Å². The van der Waals surface area contributed by atoms with Gasteiger partial charge in [-0.25, -0.2) is 0 Å². The van der Waals surface area contributed by atoms with Crippen molar-refractivity contribution >= 4 is 10.8 Å². The van der Waals surface area contributed by atoms with Crippen molar-refractivity contribution in [1.82, 2.24) is 0 Å². The van der Waals surface area contributed by atoms with Gasteiger partial charge in [0.2, 0.25) is 0 Å². The summed E-state index contributed by atoms with van der Waals surface area (Å²) in [6.07, 6.45) is 1.96. The first-order chi connectivity index (χ1) is 7.27. The van der Waals surface area contributed by atoms with Crippen molar-refractivity contribution in [3.8, 4) is 5.75 Å². The molecule has 0 bridgehead atoms. The van der Waals surface area contributed by atoms with Gasteiger partial charge < -0.3 is 5.11 Å². The van der Waals surface area contributed by atoms with Gasteiger partial charge in [0.05, 0.1) is 0 Å². The predicted octanol–water partition coefficient (Wildman–Crippen LogP) is 3.67. The third kappa shape index (κ3) is 1.58. The largest absolute Gasteiger partial charge is 0.507 e. The zero-order valence-electron chi connectivity index (χ0n) is 9.25. The Kier molecular flexibility index (Phi) is 2.63. The summed E-state index contributed by atoms with van der Waals surface area (Å²) in [7, 11) is 0. The van der Waals surface area contributed by atoms with Crippen LogP contribution in [0.3, 0.4) is 0 Å². The van der Waals surface area contributed by atoms with E-state index in [0.717, 1.165) is 18.2 Å². The van der Waals surface area contributed by atoms with E-state index in [-0.39, 0.29) is 0 Å². The molecule has 2 rings (SSSR count). The van der Waals surface area contributed by atoms with Crippen LogP contribution in [0.4, 0.5) is 0 Å². The van der Waals surface area contributed by atoms with E-state index in [2.05, 4.69) is 32.0 Å². The molecule has 1 nitrogen and oxygen atoms in total. The molecule has 2 aromatic rings. The maximum absolute atomic E-state index is 9.90. The van der Waals surface area contributed by atoms with Crippen LogP contribution in [0.15, 0.2) is 30.3 Å². The molecule has 1 heteroatoms. The van der Waals surface area contributed by atoms with Gasteiger partial charge in [-0.2, -0.15) is 0 Å². The number of rotatable bonds is 2. The monoisotopic (exact) mass is 200 g/mol. The molecule has 0 atom stereocenters. The Morgan fingerprint density at radius 1 is 0.933 bits per heavy atom. The van der Waals surface area contributed by atoms with Crippen LogP contribution in [-0.4, -0.2) is 5.11 Å². The van der Waals surface area contributed by atoms with Gasteiger partial charge in [-0.05, 0) is 35.4 Å². The molecule has 1 N–H and O–H groups in total. The summed E-state index contributed by atoms with van der Waals surface area (Å²) in [6, 6.07) is 10.1. The van der Waals surface area contributed by atoms with E-state index in [4.69, 9.17) is 0 Å². The lowest BCUT2D eigenvalue weighted by Gasteiger charge is -2.09. The van der Waals surface area contributed by atoms with Crippen molar-refractivity contribution in [3.63, 3.8) is 0 Å². The predicted molar refractivity (Wildman–Crippen MR) is 64.4 cm³/mol. The SMILES string of the molecule is CCc1ccc(O)c2c(CC)cccc12. The molecular formula is C14H16O. The Labute approximate surface area is 90.4 Å². The minimum Gasteiger partial charge on any atom is -0.507 e. The second-order valence-corrected chi connectivity index (χ2v) is 3.79. The standard InChI is InChI=1S/C14H16O/c1-3-10-8-9-13(15)14-11(4-2)6-5-7-12(10)14/h5-9,15H,3-4H2,1-2H3. The summed E-state index contributed by atoms with van der Waals surface area (Å²) in [5.74, 6) is 0.402. The molecule has 15 heavy (non-hydrogen) atoms. The van der Waals surface area contributed by atoms with Crippen LogP contribution < -0.4 is 0 Å². The van der Waals surface area contributed by atoms with Gasteiger partial charge in [0, 0.05) is 5.39 Å². The number of benzene rings is 2. The van der Waals surface area contributed by atoms with Gasteiger partial charge in [-0.1, -0.05) is 38.1 Å². The molecule has 0 saturated heterocycles. The number of aryl methyl sites for hydroxylation is 2. The third-order valence-electron chi connectivity index (χ3n) is 2.96. The van der Waals surface area contributed by atoms with Crippen molar-refractivity contribution in [2.45, 2.75) is 26.7 Å². The molecular weight excluding hydrogens is 184 g/mol. The van der Waals surface area contributed by atoms with Crippen LogP contribution in [0, 0.1) is 0 Å². The molecule has 0 aliphatic carbocycles. The van der Waals surface area contributed by atoms with Crippen molar-refractivity contribution < 1.29 is 5.11 Å². The smallest absolute Gasteiger partial charge is 0.123 e. The number of aromatic hydroxyl groups is 1. The molecule has 0 radical (unpaired) electrons. The Balaban J connectivity index is 2.86. The molecule has 0 aliphatic heterocycles. The van der Waals surface area contributed by atoms with E-state index in [1.807, 2.05) is 6.07 Å². The van der Waals surface area contributed by atoms with E-state index in [0.29, 0.717) is 5.75 Å². The molecule has 0 fully saturated rings. The Morgan fingerprint density at radius 3 is 2.33 bits per heavy atom. The van der Waals surface area contributed by atoms with Crippen LogP contribution in [0.1, 0.15) is 25.0 Å². The summed E-state index contributed by atoms with van der Waals surface area (Å²) in [4.78, 5) is 0. The van der Waals surface area contributed by atoms with Gasteiger partial charge in [0.25, 0.3) is 0 Å². The molecule has 0 saturated carbocycles. The van der Waals surface area contributed by atoms with E-state index < -0.39 is 0 Å². The summed E-state index contributed by atoms with van der Waals surface area (Å²) in [5, 5.41) is 12.1.